The van der Waals surface area contributed by atoms with E-state index in [0.29, 0.717) is 5.92 Å². The molecule has 0 aliphatic rings. The van der Waals surface area contributed by atoms with E-state index >= 15 is 0 Å². The molecule has 162 valence electrons. The first-order chi connectivity index (χ1) is 15.1. The van der Waals surface area contributed by atoms with Gasteiger partial charge in [-0.1, -0.05) is 105 Å². The molecule has 0 N–H and O–H groups in total. The van der Waals surface area contributed by atoms with Gasteiger partial charge in [-0.2, -0.15) is 0 Å². The summed E-state index contributed by atoms with van der Waals surface area (Å²) in [5.74, 6) is 1.60. The molecule has 0 aliphatic carbocycles. The minimum atomic E-state index is 0.643. The average molecular weight is 413 g/mol. The van der Waals surface area contributed by atoms with Gasteiger partial charge >= 0.3 is 0 Å². The fraction of sp³-hybridized carbons (Fsp3) is 0.333. The SMILES string of the molecule is CCCCC(CC)COc1ccc(C(=Cc2ccc(C)cc2)c2ccc(C)cc2)cc1. The number of rotatable bonds is 10. The maximum Gasteiger partial charge on any atom is 0.119 e. The van der Waals surface area contributed by atoms with Gasteiger partial charge in [0.2, 0.25) is 0 Å². The fourth-order valence-electron chi connectivity index (χ4n) is 3.74. The molecule has 1 atom stereocenters. The van der Waals surface area contributed by atoms with Crippen molar-refractivity contribution < 1.29 is 4.74 Å². The van der Waals surface area contributed by atoms with E-state index in [9.17, 15) is 0 Å². The number of ether oxygens (including phenoxy) is 1. The number of hydrogen-bond donors (Lipinski definition) is 0. The molecule has 0 saturated carbocycles. The predicted molar refractivity (Wildman–Crippen MR) is 135 cm³/mol. The van der Waals surface area contributed by atoms with Gasteiger partial charge < -0.3 is 4.74 Å². The Morgan fingerprint density at radius 2 is 1.32 bits per heavy atom. The summed E-state index contributed by atoms with van der Waals surface area (Å²) in [4.78, 5) is 0. The van der Waals surface area contributed by atoms with Crippen molar-refractivity contribution in [2.45, 2.75) is 53.4 Å². The summed E-state index contributed by atoms with van der Waals surface area (Å²) in [6.45, 7) is 9.57. The third-order valence-electron chi connectivity index (χ3n) is 5.95. The third kappa shape index (κ3) is 6.85. The summed E-state index contributed by atoms with van der Waals surface area (Å²) in [7, 11) is 0. The summed E-state index contributed by atoms with van der Waals surface area (Å²) in [5.41, 5.74) is 7.42. The van der Waals surface area contributed by atoms with Crippen molar-refractivity contribution in [3.63, 3.8) is 0 Å². The van der Waals surface area contributed by atoms with Crippen LogP contribution in [-0.4, -0.2) is 6.61 Å². The van der Waals surface area contributed by atoms with Crippen LogP contribution < -0.4 is 4.74 Å². The van der Waals surface area contributed by atoms with Gasteiger partial charge in [0.05, 0.1) is 6.61 Å². The second-order valence-corrected chi connectivity index (χ2v) is 8.59. The Hall–Kier alpha value is -2.80. The van der Waals surface area contributed by atoms with Gasteiger partial charge in [0.15, 0.2) is 0 Å². The van der Waals surface area contributed by atoms with E-state index in [2.05, 4.69) is 107 Å². The van der Waals surface area contributed by atoms with Crippen LogP contribution >= 0.6 is 0 Å². The molecule has 0 fully saturated rings. The lowest BCUT2D eigenvalue weighted by Crippen LogP contribution is -2.11. The average Bonchev–Trinajstić information content (AvgIpc) is 2.80. The quantitative estimate of drug-likeness (QED) is 0.303. The van der Waals surface area contributed by atoms with Crippen molar-refractivity contribution in [3.05, 3.63) is 101 Å². The van der Waals surface area contributed by atoms with Crippen molar-refractivity contribution in [3.8, 4) is 5.75 Å². The van der Waals surface area contributed by atoms with Crippen LogP contribution in [0.2, 0.25) is 0 Å². The van der Waals surface area contributed by atoms with Gasteiger partial charge in [-0.05, 0) is 66.7 Å². The smallest absolute Gasteiger partial charge is 0.119 e. The van der Waals surface area contributed by atoms with Crippen LogP contribution in [0.3, 0.4) is 0 Å². The highest BCUT2D eigenvalue weighted by molar-refractivity contribution is 5.91. The summed E-state index contributed by atoms with van der Waals surface area (Å²) in [6, 6.07) is 26.1. The predicted octanol–water partition coefficient (Wildman–Crippen LogP) is 8.49. The van der Waals surface area contributed by atoms with E-state index in [1.807, 2.05) is 0 Å². The molecule has 0 spiro atoms. The topological polar surface area (TPSA) is 9.23 Å². The Morgan fingerprint density at radius 1 is 0.774 bits per heavy atom. The molecule has 0 amide bonds. The molecule has 0 aromatic heterocycles. The lowest BCUT2D eigenvalue weighted by atomic mass is 9.95. The zero-order valence-electron chi connectivity index (χ0n) is 19.5. The van der Waals surface area contributed by atoms with Gasteiger partial charge in [-0.25, -0.2) is 0 Å². The third-order valence-corrected chi connectivity index (χ3v) is 5.95. The molecule has 0 saturated heterocycles. The minimum Gasteiger partial charge on any atom is -0.493 e. The molecule has 0 bridgehead atoms. The highest BCUT2D eigenvalue weighted by Gasteiger charge is 2.09. The monoisotopic (exact) mass is 412 g/mol. The first kappa shape index (κ1) is 22.9. The maximum absolute atomic E-state index is 6.12. The zero-order chi connectivity index (χ0) is 22.1. The van der Waals surface area contributed by atoms with Crippen LogP contribution in [-0.2, 0) is 0 Å². The fourth-order valence-corrected chi connectivity index (χ4v) is 3.74. The lowest BCUT2D eigenvalue weighted by Gasteiger charge is -2.16. The molecule has 0 aliphatic heterocycles. The summed E-state index contributed by atoms with van der Waals surface area (Å²) >= 11 is 0. The molecule has 0 heterocycles. The van der Waals surface area contributed by atoms with E-state index in [0.717, 1.165) is 12.4 Å². The number of benzene rings is 3. The van der Waals surface area contributed by atoms with Crippen molar-refractivity contribution in [1.82, 2.24) is 0 Å². The van der Waals surface area contributed by atoms with Gasteiger partial charge in [-0.15, -0.1) is 0 Å². The van der Waals surface area contributed by atoms with Gasteiger partial charge in [0.25, 0.3) is 0 Å². The first-order valence-corrected chi connectivity index (χ1v) is 11.7. The molecule has 3 aromatic rings. The molecule has 3 aromatic carbocycles. The van der Waals surface area contributed by atoms with E-state index in [-0.39, 0.29) is 0 Å². The Bertz CT molecular complexity index is 947. The second kappa shape index (κ2) is 11.6. The van der Waals surface area contributed by atoms with Crippen molar-refractivity contribution >= 4 is 11.6 Å². The van der Waals surface area contributed by atoms with Crippen molar-refractivity contribution in [2.24, 2.45) is 5.92 Å². The lowest BCUT2D eigenvalue weighted by molar-refractivity contribution is 0.233. The van der Waals surface area contributed by atoms with Gasteiger partial charge in [0, 0.05) is 0 Å². The Kier molecular flexibility index (Phi) is 8.53. The molecule has 31 heavy (non-hydrogen) atoms. The van der Waals surface area contributed by atoms with Crippen LogP contribution in [0.5, 0.6) is 5.75 Å². The molecule has 1 heteroatoms. The van der Waals surface area contributed by atoms with E-state index < -0.39 is 0 Å². The van der Waals surface area contributed by atoms with Gasteiger partial charge in [-0.3, -0.25) is 0 Å². The van der Waals surface area contributed by atoms with Crippen LogP contribution in [0, 0.1) is 19.8 Å². The maximum atomic E-state index is 6.12. The Labute approximate surface area is 188 Å². The summed E-state index contributed by atoms with van der Waals surface area (Å²) < 4.78 is 6.12. The highest BCUT2D eigenvalue weighted by Crippen LogP contribution is 2.28. The largest absolute Gasteiger partial charge is 0.493 e. The van der Waals surface area contributed by atoms with Crippen molar-refractivity contribution in [1.29, 1.82) is 0 Å². The van der Waals surface area contributed by atoms with Crippen LogP contribution in [0.4, 0.5) is 0 Å². The molecule has 3 rings (SSSR count). The van der Waals surface area contributed by atoms with Crippen LogP contribution in [0.1, 0.15) is 67.3 Å². The first-order valence-electron chi connectivity index (χ1n) is 11.7. The highest BCUT2D eigenvalue weighted by atomic mass is 16.5. The summed E-state index contributed by atoms with van der Waals surface area (Å²) in [6.07, 6.45) is 7.24. The summed E-state index contributed by atoms with van der Waals surface area (Å²) in [5, 5.41) is 0. The van der Waals surface area contributed by atoms with Gasteiger partial charge in [0.1, 0.15) is 5.75 Å². The molecule has 1 unspecified atom stereocenters. The van der Waals surface area contributed by atoms with Crippen LogP contribution in [0.15, 0.2) is 72.8 Å². The number of hydrogen-bond acceptors (Lipinski definition) is 1. The minimum absolute atomic E-state index is 0.643. The van der Waals surface area contributed by atoms with E-state index in [1.165, 1.54) is 59.1 Å². The van der Waals surface area contributed by atoms with Crippen LogP contribution in [0.25, 0.3) is 11.6 Å². The standard InChI is InChI=1S/C30H36O/c1-5-7-8-25(6-2)22-31-29-19-17-28(18-20-29)30(27-15-11-24(4)12-16-27)21-26-13-9-23(3)10-14-26/h9-21,25H,5-8,22H2,1-4H3. The molecule has 1 nitrogen and oxygen atoms in total. The number of unbranched alkanes of at least 4 members (excludes halogenated alkanes) is 1. The molecule has 0 radical (unpaired) electrons. The zero-order valence-corrected chi connectivity index (χ0v) is 19.5. The number of aryl methyl sites for hydroxylation is 2. The Balaban J connectivity index is 1.82. The van der Waals surface area contributed by atoms with Crippen molar-refractivity contribution in [2.75, 3.05) is 6.61 Å². The second-order valence-electron chi connectivity index (χ2n) is 8.59. The Morgan fingerprint density at radius 3 is 1.87 bits per heavy atom. The van der Waals surface area contributed by atoms with E-state index in [4.69, 9.17) is 4.74 Å². The molecular weight excluding hydrogens is 376 g/mol. The normalized spacial score (nSPS) is 12.6. The molecular formula is C30H36O. The van der Waals surface area contributed by atoms with E-state index in [1.54, 1.807) is 0 Å².